The Bertz CT molecular complexity index is 325. The average Bonchev–Trinajstić information content (AvgIpc) is 2.30. The monoisotopic (exact) mass is 225 g/mol. The molecule has 0 aliphatic carbocycles. The number of hydrogen-bond donors (Lipinski definition) is 1. The number of carbonyl (C=O) groups is 3. The largest absolute Gasteiger partial charge is 0.471 e. The van der Waals surface area contributed by atoms with Crippen LogP contribution in [0, 0.1) is 5.92 Å². The number of carbonyl (C=O) groups excluding carboxylic acids is 3. The molecule has 1 N–H and O–H groups in total. The van der Waals surface area contributed by atoms with Gasteiger partial charge in [0.2, 0.25) is 0 Å². The topological polar surface area (TPSA) is 72.5 Å². The molecule has 0 spiro atoms. The smallest absolute Gasteiger partial charge is 0.391 e. The van der Waals surface area contributed by atoms with Crippen LogP contribution in [0.5, 0.6) is 0 Å². The maximum Gasteiger partial charge on any atom is 0.471 e. The van der Waals surface area contributed by atoms with E-state index in [0.29, 0.717) is 0 Å². The molecule has 0 radical (unpaired) electrons. The summed E-state index contributed by atoms with van der Waals surface area (Å²) in [6.07, 6.45) is -5.09. The zero-order chi connectivity index (χ0) is 11.8. The lowest BCUT2D eigenvalue weighted by Gasteiger charge is -2.12. The second-order valence-corrected chi connectivity index (χ2v) is 2.98. The van der Waals surface area contributed by atoms with E-state index in [1.54, 1.807) is 0 Å². The first-order valence-electron chi connectivity index (χ1n) is 3.86. The second-order valence-electron chi connectivity index (χ2n) is 2.98. The van der Waals surface area contributed by atoms with Gasteiger partial charge in [-0.2, -0.15) is 13.2 Å². The van der Waals surface area contributed by atoms with Gasteiger partial charge in [-0.25, -0.2) is 4.79 Å². The molecule has 8 heteroatoms. The Kier molecular flexibility index (Phi) is 2.69. The molecule has 0 aromatic heterocycles. The van der Waals surface area contributed by atoms with Gasteiger partial charge in [-0.3, -0.25) is 9.59 Å². The fourth-order valence-electron chi connectivity index (χ4n) is 1.00. The Labute approximate surface area is 81.6 Å². The summed E-state index contributed by atoms with van der Waals surface area (Å²) >= 11 is 0. The van der Waals surface area contributed by atoms with Crippen molar-refractivity contribution in [2.24, 2.45) is 5.92 Å². The molecule has 1 aliphatic heterocycles. The predicted octanol–water partition coefficient (Wildman–Crippen LogP) is -0.247. The predicted molar refractivity (Wildman–Crippen MR) is 38.2 cm³/mol. The van der Waals surface area contributed by atoms with Crippen molar-refractivity contribution in [3.63, 3.8) is 0 Å². The zero-order valence-corrected chi connectivity index (χ0v) is 7.42. The maximum absolute atomic E-state index is 11.8. The molecule has 0 bridgehead atoms. The molecule has 1 amide bonds. The highest BCUT2D eigenvalue weighted by molar-refractivity contribution is 6.00. The van der Waals surface area contributed by atoms with Crippen LogP contribution in [0.2, 0.25) is 0 Å². The minimum atomic E-state index is -5.09. The van der Waals surface area contributed by atoms with E-state index in [2.05, 4.69) is 4.74 Å². The number of halogens is 3. The molecule has 0 saturated carbocycles. The van der Waals surface area contributed by atoms with Gasteiger partial charge >= 0.3 is 24.0 Å². The van der Waals surface area contributed by atoms with Crippen molar-refractivity contribution in [3.8, 4) is 0 Å². The van der Waals surface area contributed by atoms with Crippen molar-refractivity contribution in [1.29, 1.82) is 0 Å². The summed E-state index contributed by atoms with van der Waals surface area (Å²) in [5.74, 6) is -5.51. The van der Waals surface area contributed by atoms with Crippen LogP contribution in [0.3, 0.4) is 0 Å². The van der Waals surface area contributed by atoms with Gasteiger partial charge in [0.25, 0.3) is 0 Å². The number of hydrogen-bond acceptors (Lipinski definition) is 4. The number of rotatable bonds is 1. The highest BCUT2D eigenvalue weighted by Crippen LogP contribution is 2.19. The number of ether oxygens (including phenoxy) is 1. The van der Waals surface area contributed by atoms with E-state index in [9.17, 15) is 27.6 Å². The molecule has 0 aromatic rings. The van der Waals surface area contributed by atoms with E-state index in [-0.39, 0.29) is 0 Å². The van der Waals surface area contributed by atoms with E-state index in [0.717, 1.165) is 0 Å². The maximum atomic E-state index is 11.8. The minimum Gasteiger partial charge on any atom is -0.391 e. The summed E-state index contributed by atoms with van der Waals surface area (Å²) in [4.78, 5) is 32.0. The normalized spacial score (nSPS) is 26.4. The summed E-state index contributed by atoms with van der Waals surface area (Å²) < 4.78 is 39.5. The quantitative estimate of drug-likeness (QED) is 0.493. The Hall–Kier alpha value is -1.60. The van der Waals surface area contributed by atoms with E-state index in [4.69, 9.17) is 0 Å². The van der Waals surface area contributed by atoms with Crippen molar-refractivity contribution in [1.82, 2.24) is 5.32 Å². The third kappa shape index (κ3) is 2.25. The van der Waals surface area contributed by atoms with Gasteiger partial charge in [-0.1, -0.05) is 0 Å². The minimum absolute atomic E-state index is 0.951. The Morgan fingerprint density at radius 3 is 2.20 bits per heavy atom. The van der Waals surface area contributed by atoms with Crippen LogP contribution in [-0.2, 0) is 19.1 Å². The lowest BCUT2D eigenvalue weighted by atomic mass is 10.1. The number of esters is 2. The van der Waals surface area contributed by atoms with E-state index in [1.807, 2.05) is 0 Å². The molecule has 5 nitrogen and oxygen atoms in total. The number of alkyl halides is 3. The lowest BCUT2D eigenvalue weighted by molar-refractivity contribution is -0.175. The summed E-state index contributed by atoms with van der Waals surface area (Å²) in [5, 5.41) is 1.39. The van der Waals surface area contributed by atoms with Crippen LogP contribution in [-0.4, -0.2) is 30.1 Å². The van der Waals surface area contributed by atoms with Crippen LogP contribution >= 0.6 is 0 Å². The molecule has 1 unspecified atom stereocenters. The van der Waals surface area contributed by atoms with Gasteiger partial charge < -0.3 is 10.1 Å². The highest BCUT2D eigenvalue weighted by atomic mass is 19.4. The molecule has 1 fully saturated rings. The van der Waals surface area contributed by atoms with E-state index < -0.39 is 36.0 Å². The fourth-order valence-corrected chi connectivity index (χ4v) is 1.00. The van der Waals surface area contributed by atoms with Gasteiger partial charge in [0.05, 0.1) is 5.92 Å². The molecule has 1 rings (SSSR count). The third-order valence-corrected chi connectivity index (χ3v) is 1.87. The summed E-state index contributed by atoms with van der Waals surface area (Å²) in [5.41, 5.74) is 0. The molecule has 15 heavy (non-hydrogen) atoms. The van der Waals surface area contributed by atoms with Crippen molar-refractivity contribution >= 4 is 17.8 Å². The SMILES string of the molecule is CC1C(=O)OC(=O)[C@H]1NC(=O)C(F)(F)F. The molecule has 2 atom stereocenters. The standard InChI is InChI=1S/C7H6F3NO4/c1-2-3(5(13)15-4(2)12)11-6(14)7(8,9)10/h2-3H,1H3,(H,11,14)/t2?,3-/m0/s1. The van der Waals surface area contributed by atoms with Crippen molar-refractivity contribution < 1.29 is 32.3 Å². The third-order valence-electron chi connectivity index (χ3n) is 1.87. The Balaban J connectivity index is 2.71. The fraction of sp³-hybridized carbons (Fsp3) is 0.571. The van der Waals surface area contributed by atoms with Crippen LogP contribution in [0.25, 0.3) is 0 Å². The Morgan fingerprint density at radius 2 is 1.87 bits per heavy atom. The average molecular weight is 225 g/mol. The first kappa shape index (κ1) is 11.5. The molecule has 0 aromatic carbocycles. The van der Waals surface area contributed by atoms with Gasteiger partial charge in [0, 0.05) is 0 Å². The van der Waals surface area contributed by atoms with Crippen molar-refractivity contribution in [3.05, 3.63) is 0 Å². The summed E-state index contributed by atoms with van der Waals surface area (Å²) in [6.45, 7) is 1.19. The first-order valence-corrected chi connectivity index (χ1v) is 3.86. The van der Waals surface area contributed by atoms with Crippen LogP contribution < -0.4 is 5.32 Å². The number of nitrogens with one attached hydrogen (secondary N) is 1. The van der Waals surface area contributed by atoms with Gasteiger partial charge in [0.1, 0.15) is 6.04 Å². The van der Waals surface area contributed by atoms with Crippen LogP contribution in [0.4, 0.5) is 13.2 Å². The van der Waals surface area contributed by atoms with Crippen molar-refractivity contribution in [2.75, 3.05) is 0 Å². The number of cyclic esters (lactones) is 2. The molecule has 1 heterocycles. The van der Waals surface area contributed by atoms with Gasteiger partial charge in [0.15, 0.2) is 0 Å². The highest BCUT2D eigenvalue weighted by Gasteiger charge is 2.47. The van der Waals surface area contributed by atoms with E-state index in [1.165, 1.54) is 12.2 Å². The number of amides is 1. The first-order chi connectivity index (χ1) is 6.73. The van der Waals surface area contributed by atoms with Gasteiger partial charge in [-0.05, 0) is 6.92 Å². The zero-order valence-electron chi connectivity index (χ0n) is 7.42. The molecular formula is C7H6F3NO4. The lowest BCUT2D eigenvalue weighted by Crippen LogP contribution is -2.47. The molecule has 1 aliphatic rings. The molecule has 84 valence electrons. The van der Waals surface area contributed by atoms with Gasteiger partial charge in [-0.15, -0.1) is 0 Å². The van der Waals surface area contributed by atoms with Crippen molar-refractivity contribution in [2.45, 2.75) is 19.1 Å². The van der Waals surface area contributed by atoms with E-state index >= 15 is 0 Å². The van der Waals surface area contributed by atoms with Crippen LogP contribution in [0.15, 0.2) is 0 Å². The summed E-state index contributed by atoms with van der Waals surface area (Å²) in [6, 6.07) is -1.56. The van der Waals surface area contributed by atoms with Crippen LogP contribution in [0.1, 0.15) is 6.92 Å². The summed E-state index contributed by atoms with van der Waals surface area (Å²) in [7, 11) is 0. The molecular weight excluding hydrogens is 219 g/mol. The molecule has 1 saturated heterocycles. The Morgan fingerprint density at radius 1 is 1.33 bits per heavy atom. The second kappa shape index (κ2) is 3.52.